The van der Waals surface area contributed by atoms with Crippen LogP contribution in [0.1, 0.15) is 24.8 Å². The maximum absolute atomic E-state index is 12.2. The molecule has 9 heteroatoms. The molecule has 2 rings (SSSR count). The van der Waals surface area contributed by atoms with Gasteiger partial charge in [-0.05, 0) is 11.4 Å². The maximum Gasteiger partial charge on any atom is 0.252 e. The Morgan fingerprint density at radius 3 is 2.71 bits per heavy atom. The molecule has 2 aromatic heterocycles. The SMILES string of the molecule is CC(C)c1nnc(NCCN(C)S(=O)(=O)c2cccs2)s1. The molecule has 0 bridgehead atoms. The van der Waals surface area contributed by atoms with Crippen molar-refractivity contribution in [1.29, 1.82) is 0 Å². The summed E-state index contributed by atoms with van der Waals surface area (Å²) in [5.74, 6) is 0.347. The number of anilines is 1. The van der Waals surface area contributed by atoms with E-state index in [2.05, 4.69) is 29.4 Å². The van der Waals surface area contributed by atoms with Gasteiger partial charge >= 0.3 is 0 Å². The van der Waals surface area contributed by atoms with E-state index >= 15 is 0 Å². The predicted molar refractivity (Wildman–Crippen MR) is 86.6 cm³/mol. The molecule has 0 unspecified atom stereocenters. The summed E-state index contributed by atoms with van der Waals surface area (Å²) in [6, 6.07) is 3.35. The number of sulfonamides is 1. The second-order valence-corrected chi connectivity index (χ2v) is 9.01. The first-order valence-corrected chi connectivity index (χ1v) is 9.62. The average molecular weight is 347 g/mol. The van der Waals surface area contributed by atoms with Crippen molar-refractivity contribution < 1.29 is 8.42 Å². The van der Waals surface area contributed by atoms with Gasteiger partial charge in [-0.1, -0.05) is 31.3 Å². The first kappa shape index (κ1) is 16.3. The number of hydrogen-bond donors (Lipinski definition) is 1. The summed E-state index contributed by atoms with van der Waals surface area (Å²) in [4.78, 5) is 0. The Bertz CT molecular complexity index is 664. The highest BCUT2D eigenvalue weighted by molar-refractivity contribution is 7.91. The van der Waals surface area contributed by atoms with Crippen LogP contribution in [0.2, 0.25) is 0 Å². The minimum Gasteiger partial charge on any atom is -0.359 e. The Labute approximate surface area is 132 Å². The molecule has 0 aliphatic rings. The van der Waals surface area contributed by atoms with Crippen molar-refractivity contribution in [1.82, 2.24) is 14.5 Å². The molecule has 0 atom stereocenters. The smallest absolute Gasteiger partial charge is 0.252 e. The summed E-state index contributed by atoms with van der Waals surface area (Å²) in [6.45, 7) is 4.99. The van der Waals surface area contributed by atoms with Crippen molar-refractivity contribution in [2.75, 3.05) is 25.5 Å². The van der Waals surface area contributed by atoms with Crippen molar-refractivity contribution in [3.8, 4) is 0 Å². The van der Waals surface area contributed by atoms with Gasteiger partial charge in [0.2, 0.25) is 5.13 Å². The summed E-state index contributed by atoms with van der Waals surface area (Å²) < 4.78 is 26.1. The minimum absolute atomic E-state index is 0.347. The van der Waals surface area contributed by atoms with Gasteiger partial charge in [0.05, 0.1) is 0 Å². The highest BCUT2D eigenvalue weighted by Crippen LogP contribution is 2.22. The van der Waals surface area contributed by atoms with Crippen LogP contribution in [0.4, 0.5) is 5.13 Å². The topological polar surface area (TPSA) is 75.2 Å². The van der Waals surface area contributed by atoms with Crippen LogP contribution in [0.3, 0.4) is 0 Å². The molecule has 6 nitrogen and oxygen atoms in total. The monoisotopic (exact) mass is 346 g/mol. The van der Waals surface area contributed by atoms with Gasteiger partial charge in [-0.15, -0.1) is 21.5 Å². The van der Waals surface area contributed by atoms with Crippen molar-refractivity contribution in [3.05, 3.63) is 22.5 Å². The molecular weight excluding hydrogens is 328 g/mol. The maximum atomic E-state index is 12.2. The van der Waals surface area contributed by atoms with E-state index in [0.717, 1.165) is 10.1 Å². The van der Waals surface area contributed by atoms with Crippen LogP contribution < -0.4 is 5.32 Å². The third-order valence-corrected chi connectivity index (χ3v) is 7.21. The lowest BCUT2D eigenvalue weighted by Gasteiger charge is -2.15. The van der Waals surface area contributed by atoms with Crippen LogP contribution in [-0.2, 0) is 10.0 Å². The van der Waals surface area contributed by atoms with Crippen LogP contribution in [0.25, 0.3) is 0 Å². The van der Waals surface area contributed by atoms with E-state index in [1.165, 1.54) is 27.0 Å². The molecule has 0 saturated heterocycles. The zero-order valence-electron chi connectivity index (χ0n) is 12.1. The Kier molecular flexibility index (Phi) is 5.31. The molecule has 0 aliphatic carbocycles. The van der Waals surface area contributed by atoms with Gasteiger partial charge in [0.1, 0.15) is 9.22 Å². The van der Waals surface area contributed by atoms with E-state index in [9.17, 15) is 8.42 Å². The number of rotatable bonds is 7. The molecule has 116 valence electrons. The second-order valence-electron chi connectivity index (χ2n) is 4.79. The molecule has 0 radical (unpaired) electrons. The molecule has 2 aromatic rings. The number of hydrogen-bond acceptors (Lipinski definition) is 7. The molecule has 1 N–H and O–H groups in total. The predicted octanol–water partition coefficient (Wildman–Crippen LogP) is 2.46. The number of likely N-dealkylation sites (N-methyl/N-ethyl adjacent to an activating group) is 1. The third-order valence-electron chi connectivity index (χ3n) is 2.80. The van der Waals surface area contributed by atoms with Gasteiger partial charge in [-0.3, -0.25) is 0 Å². The molecule has 2 heterocycles. The number of thiophene rings is 1. The fourth-order valence-corrected chi connectivity index (χ4v) is 4.69. The van der Waals surface area contributed by atoms with E-state index in [4.69, 9.17) is 0 Å². The summed E-state index contributed by atoms with van der Waals surface area (Å²) in [7, 11) is -1.80. The van der Waals surface area contributed by atoms with Gasteiger partial charge in [0.15, 0.2) is 0 Å². The van der Waals surface area contributed by atoms with E-state index in [1.54, 1.807) is 24.6 Å². The summed E-state index contributed by atoms with van der Waals surface area (Å²) in [5, 5.41) is 14.7. The second kappa shape index (κ2) is 6.82. The van der Waals surface area contributed by atoms with E-state index in [-0.39, 0.29) is 0 Å². The normalized spacial score (nSPS) is 12.2. The van der Waals surface area contributed by atoms with Gasteiger partial charge in [-0.25, -0.2) is 8.42 Å². The van der Waals surface area contributed by atoms with E-state index in [0.29, 0.717) is 23.2 Å². The average Bonchev–Trinajstić information content (AvgIpc) is 3.10. The van der Waals surface area contributed by atoms with Crippen LogP contribution in [0.15, 0.2) is 21.7 Å². The standard InChI is InChI=1S/C12H18N4O2S3/c1-9(2)11-14-15-12(20-11)13-6-7-16(3)21(17,18)10-5-4-8-19-10/h4-5,8-9H,6-7H2,1-3H3,(H,13,15). The summed E-state index contributed by atoms with van der Waals surface area (Å²) in [6.07, 6.45) is 0. The third kappa shape index (κ3) is 4.00. The van der Waals surface area contributed by atoms with Crippen LogP contribution in [-0.4, -0.2) is 43.1 Å². The van der Waals surface area contributed by atoms with Gasteiger partial charge in [0, 0.05) is 26.1 Å². The molecule has 21 heavy (non-hydrogen) atoms. The lowest BCUT2D eigenvalue weighted by Crippen LogP contribution is -2.31. The Morgan fingerprint density at radius 1 is 1.38 bits per heavy atom. The lowest BCUT2D eigenvalue weighted by molar-refractivity contribution is 0.482. The largest absolute Gasteiger partial charge is 0.359 e. The fraction of sp³-hybridized carbons (Fsp3) is 0.500. The lowest BCUT2D eigenvalue weighted by atomic mass is 10.2. The van der Waals surface area contributed by atoms with Crippen LogP contribution in [0, 0.1) is 0 Å². The van der Waals surface area contributed by atoms with Crippen LogP contribution >= 0.6 is 22.7 Å². The zero-order chi connectivity index (χ0) is 15.5. The van der Waals surface area contributed by atoms with Crippen molar-refractivity contribution in [2.24, 2.45) is 0 Å². The summed E-state index contributed by atoms with van der Waals surface area (Å²) >= 11 is 2.72. The first-order valence-electron chi connectivity index (χ1n) is 6.48. The molecule has 0 spiro atoms. The van der Waals surface area contributed by atoms with Gasteiger partial charge in [-0.2, -0.15) is 4.31 Å². The molecule has 0 aliphatic heterocycles. The van der Waals surface area contributed by atoms with Gasteiger partial charge < -0.3 is 5.32 Å². The van der Waals surface area contributed by atoms with Gasteiger partial charge in [0.25, 0.3) is 10.0 Å². The highest BCUT2D eigenvalue weighted by atomic mass is 32.2. The molecule has 0 saturated carbocycles. The van der Waals surface area contributed by atoms with Crippen molar-refractivity contribution in [3.63, 3.8) is 0 Å². The summed E-state index contributed by atoms with van der Waals surface area (Å²) in [5.41, 5.74) is 0. The zero-order valence-corrected chi connectivity index (χ0v) is 14.6. The highest BCUT2D eigenvalue weighted by Gasteiger charge is 2.21. The van der Waals surface area contributed by atoms with Crippen LogP contribution in [0.5, 0.6) is 0 Å². The van der Waals surface area contributed by atoms with E-state index < -0.39 is 10.0 Å². The Morgan fingerprint density at radius 2 is 2.14 bits per heavy atom. The minimum atomic E-state index is -3.38. The molecular formula is C12H18N4O2S3. The van der Waals surface area contributed by atoms with Crippen molar-refractivity contribution >= 4 is 37.8 Å². The number of aromatic nitrogens is 2. The fourth-order valence-electron chi connectivity index (χ4n) is 1.54. The quantitative estimate of drug-likeness (QED) is 0.833. The van der Waals surface area contributed by atoms with Crippen molar-refractivity contribution in [2.45, 2.75) is 24.0 Å². The molecule has 0 fully saturated rings. The molecule has 0 aromatic carbocycles. The van der Waals surface area contributed by atoms with E-state index in [1.807, 2.05) is 0 Å². The Hall–Kier alpha value is -1.03. The number of nitrogens with zero attached hydrogens (tertiary/aromatic N) is 3. The molecule has 0 amide bonds. The Balaban J connectivity index is 1.88. The first-order chi connectivity index (χ1) is 9.91. The number of nitrogens with one attached hydrogen (secondary N) is 1.